The Morgan fingerprint density at radius 3 is 2.55 bits per heavy atom. The first-order valence-electron chi connectivity index (χ1n) is 5.99. The normalized spacial score (nSPS) is 10.9. The molecule has 3 nitrogen and oxygen atoms in total. The van der Waals surface area contributed by atoms with Crippen LogP contribution in [0.4, 0.5) is 0 Å². The van der Waals surface area contributed by atoms with E-state index in [-0.39, 0.29) is 0 Å². The van der Waals surface area contributed by atoms with Crippen molar-refractivity contribution < 1.29 is 4.42 Å². The largest absolute Gasteiger partial charge is 0.425 e. The SMILES string of the molecule is Cc1ccc2oc(=O)n(-c3ccc(Br)cc3)c(=S)c2c1. The molecule has 1 aromatic heterocycles. The Hall–Kier alpha value is -1.72. The van der Waals surface area contributed by atoms with E-state index < -0.39 is 5.76 Å². The summed E-state index contributed by atoms with van der Waals surface area (Å²) < 4.78 is 8.15. The number of rotatable bonds is 1. The second kappa shape index (κ2) is 5.00. The molecule has 3 rings (SSSR count). The lowest BCUT2D eigenvalue weighted by Gasteiger charge is -2.07. The minimum atomic E-state index is -0.478. The molecule has 0 fully saturated rings. The van der Waals surface area contributed by atoms with E-state index in [0.717, 1.165) is 15.4 Å². The lowest BCUT2D eigenvalue weighted by molar-refractivity contribution is 0.507. The summed E-state index contributed by atoms with van der Waals surface area (Å²) in [6.07, 6.45) is 0. The zero-order valence-corrected chi connectivity index (χ0v) is 13.0. The lowest BCUT2D eigenvalue weighted by atomic mass is 10.2. The summed E-state index contributed by atoms with van der Waals surface area (Å²) in [6.45, 7) is 1.98. The van der Waals surface area contributed by atoms with E-state index >= 15 is 0 Å². The fourth-order valence-electron chi connectivity index (χ4n) is 2.06. The van der Waals surface area contributed by atoms with Gasteiger partial charge in [-0.2, -0.15) is 0 Å². The molecule has 0 radical (unpaired) electrons. The van der Waals surface area contributed by atoms with Gasteiger partial charge in [-0.25, -0.2) is 9.36 Å². The molecule has 2 aromatic carbocycles. The van der Waals surface area contributed by atoms with Gasteiger partial charge in [0.1, 0.15) is 10.2 Å². The van der Waals surface area contributed by atoms with Crippen LogP contribution in [0.5, 0.6) is 0 Å². The van der Waals surface area contributed by atoms with Gasteiger partial charge in [-0.3, -0.25) is 0 Å². The van der Waals surface area contributed by atoms with Crippen LogP contribution in [0.1, 0.15) is 5.56 Å². The van der Waals surface area contributed by atoms with Gasteiger partial charge in [-0.1, -0.05) is 39.8 Å². The van der Waals surface area contributed by atoms with Crippen molar-refractivity contribution in [3.05, 3.63) is 67.7 Å². The van der Waals surface area contributed by atoms with Crippen molar-refractivity contribution in [2.45, 2.75) is 6.92 Å². The number of hydrogen-bond donors (Lipinski definition) is 0. The molecule has 0 aliphatic carbocycles. The van der Waals surface area contributed by atoms with Crippen molar-refractivity contribution in [2.75, 3.05) is 0 Å². The highest BCUT2D eigenvalue weighted by molar-refractivity contribution is 9.10. The summed E-state index contributed by atoms with van der Waals surface area (Å²) in [6, 6.07) is 12.9. The van der Waals surface area contributed by atoms with Crippen LogP contribution < -0.4 is 5.76 Å². The Morgan fingerprint density at radius 2 is 1.85 bits per heavy atom. The summed E-state index contributed by atoms with van der Waals surface area (Å²) in [5, 5.41) is 0.766. The third-order valence-electron chi connectivity index (χ3n) is 3.03. The molecule has 0 aliphatic heterocycles. The van der Waals surface area contributed by atoms with Crippen LogP contribution in [0.3, 0.4) is 0 Å². The average molecular weight is 348 g/mol. The molecule has 0 unspecified atom stereocenters. The summed E-state index contributed by atoms with van der Waals surface area (Å²) >= 11 is 8.81. The summed E-state index contributed by atoms with van der Waals surface area (Å²) in [7, 11) is 0. The molecular weight excluding hydrogens is 338 g/mol. The van der Waals surface area contributed by atoms with Crippen molar-refractivity contribution in [1.82, 2.24) is 4.57 Å². The summed E-state index contributed by atoms with van der Waals surface area (Å²) in [5.74, 6) is -0.478. The van der Waals surface area contributed by atoms with Gasteiger partial charge >= 0.3 is 5.76 Å². The molecule has 0 atom stereocenters. The first-order valence-corrected chi connectivity index (χ1v) is 7.19. The monoisotopic (exact) mass is 347 g/mol. The van der Waals surface area contributed by atoms with Crippen LogP contribution >= 0.6 is 28.1 Å². The standard InChI is InChI=1S/C15H10BrNO2S/c1-9-2-7-13-12(8-9)14(20)17(15(18)19-13)11-5-3-10(16)4-6-11/h2-8H,1H3. The first kappa shape index (κ1) is 13.3. The van der Waals surface area contributed by atoms with Crippen LogP contribution in [0.2, 0.25) is 0 Å². The lowest BCUT2D eigenvalue weighted by Crippen LogP contribution is -2.17. The molecule has 0 aliphatic rings. The third-order valence-corrected chi connectivity index (χ3v) is 3.96. The van der Waals surface area contributed by atoms with Gasteiger partial charge < -0.3 is 4.42 Å². The summed E-state index contributed by atoms with van der Waals surface area (Å²) in [4.78, 5) is 12.1. The van der Waals surface area contributed by atoms with Crippen molar-refractivity contribution >= 4 is 39.1 Å². The Morgan fingerprint density at radius 1 is 1.15 bits per heavy atom. The fourth-order valence-corrected chi connectivity index (χ4v) is 2.66. The number of aromatic nitrogens is 1. The maximum absolute atomic E-state index is 12.1. The second-order valence-corrected chi connectivity index (χ2v) is 5.79. The van der Waals surface area contributed by atoms with Gasteiger partial charge in [0.25, 0.3) is 0 Å². The number of aryl methyl sites for hydroxylation is 1. The molecule has 0 N–H and O–H groups in total. The van der Waals surface area contributed by atoms with Crippen molar-refractivity contribution in [2.24, 2.45) is 0 Å². The minimum Gasteiger partial charge on any atom is -0.409 e. The number of halogens is 1. The maximum Gasteiger partial charge on any atom is 0.425 e. The van der Waals surface area contributed by atoms with Crippen LogP contribution in [0, 0.1) is 11.6 Å². The molecule has 3 aromatic rings. The Kier molecular flexibility index (Phi) is 3.31. The third kappa shape index (κ3) is 2.23. The molecule has 0 amide bonds. The average Bonchev–Trinajstić information content (AvgIpc) is 2.42. The van der Waals surface area contributed by atoms with E-state index in [1.807, 2.05) is 43.3 Å². The van der Waals surface area contributed by atoms with Crippen LogP contribution in [0.25, 0.3) is 16.7 Å². The first-order chi connectivity index (χ1) is 9.56. The van der Waals surface area contributed by atoms with E-state index in [9.17, 15) is 4.79 Å². The molecular formula is C15H10BrNO2S. The van der Waals surface area contributed by atoms with Crippen LogP contribution in [-0.4, -0.2) is 4.57 Å². The van der Waals surface area contributed by atoms with E-state index in [4.69, 9.17) is 16.6 Å². The van der Waals surface area contributed by atoms with Gasteiger partial charge in [0.2, 0.25) is 0 Å². The van der Waals surface area contributed by atoms with E-state index in [1.165, 1.54) is 4.57 Å². The zero-order valence-electron chi connectivity index (χ0n) is 10.6. The van der Waals surface area contributed by atoms with E-state index in [1.54, 1.807) is 6.07 Å². The number of fused-ring (bicyclic) bond motifs is 1. The van der Waals surface area contributed by atoms with Crippen molar-refractivity contribution in [3.63, 3.8) is 0 Å². The van der Waals surface area contributed by atoms with Gasteiger partial charge in [-0.15, -0.1) is 0 Å². The molecule has 0 saturated carbocycles. The van der Waals surface area contributed by atoms with Crippen LogP contribution in [0.15, 0.2) is 56.1 Å². The smallest absolute Gasteiger partial charge is 0.409 e. The van der Waals surface area contributed by atoms with Gasteiger partial charge in [0.15, 0.2) is 0 Å². The highest BCUT2D eigenvalue weighted by atomic mass is 79.9. The topological polar surface area (TPSA) is 35.1 Å². The molecule has 0 bridgehead atoms. The predicted molar refractivity (Wildman–Crippen MR) is 85.1 cm³/mol. The van der Waals surface area contributed by atoms with Crippen LogP contribution in [-0.2, 0) is 0 Å². The second-order valence-electron chi connectivity index (χ2n) is 4.48. The molecule has 100 valence electrons. The zero-order chi connectivity index (χ0) is 14.3. The van der Waals surface area contributed by atoms with Gasteiger partial charge in [-0.05, 0) is 43.3 Å². The number of benzene rings is 2. The molecule has 20 heavy (non-hydrogen) atoms. The Balaban J connectivity index is 2.39. The quantitative estimate of drug-likeness (QED) is 0.612. The Bertz CT molecular complexity index is 910. The fraction of sp³-hybridized carbons (Fsp3) is 0.0667. The van der Waals surface area contributed by atoms with E-state index in [0.29, 0.717) is 15.9 Å². The highest BCUT2D eigenvalue weighted by Crippen LogP contribution is 2.19. The molecule has 1 heterocycles. The summed E-state index contributed by atoms with van der Waals surface area (Å²) in [5.41, 5.74) is 2.27. The molecule has 5 heteroatoms. The van der Waals surface area contributed by atoms with Crippen molar-refractivity contribution in [1.29, 1.82) is 0 Å². The Labute approximate surface area is 128 Å². The maximum atomic E-state index is 12.1. The predicted octanol–water partition coefficient (Wildman–Crippen LogP) is 4.38. The number of nitrogens with zero attached hydrogens (tertiary/aromatic N) is 1. The molecule has 0 spiro atoms. The molecule has 0 saturated heterocycles. The minimum absolute atomic E-state index is 0.460. The van der Waals surface area contributed by atoms with Gasteiger partial charge in [0, 0.05) is 4.47 Å². The van der Waals surface area contributed by atoms with E-state index in [2.05, 4.69) is 15.9 Å². The van der Waals surface area contributed by atoms with Gasteiger partial charge in [0.05, 0.1) is 11.1 Å². The van der Waals surface area contributed by atoms with Crippen molar-refractivity contribution in [3.8, 4) is 5.69 Å². The number of hydrogen-bond acceptors (Lipinski definition) is 3. The highest BCUT2D eigenvalue weighted by Gasteiger charge is 2.08.